The van der Waals surface area contributed by atoms with Crippen LogP contribution in [0, 0.1) is 0 Å². The quantitative estimate of drug-likeness (QED) is 0.819. The molecule has 7 nitrogen and oxygen atoms in total. The van der Waals surface area contributed by atoms with Gasteiger partial charge in [-0.05, 0) is 64.1 Å². The molecule has 1 heterocycles. The van der Waals surface area contributed by atoms with Crippen LogP contribution >= 0.6 is 0 Å². The molecular weight excluding hydrogens is 344 g/mol. The summed E-state index contributed by atoms with van der Waals surface area (Å²) < 4.78 is 37.4. The first-order chi connectivity index (χ1) is 11.6. The van der Waals surface area contributed by atoms with E-state index < -0.39 is 21.5 Å². The van der Waals surface area contributed by atoms with Crippen molar-refractivity contribution in [3.05, 3.63) is 42.2 Å². The van der Waals surface area contributed by atoms with Crippen molar-refractivity contribution in [1.82, 2.24) is 4.72 Å². The van der Waals surface area contributed by atoms with E-state index in [9.17, 15) is 13.2 Å². The number of amides is 1. The summed E-state index contributed by atoms with van der Waals surface area (Å²) in [4.78, 5) is 12.2. The van der Waals surface area contributed by atoms with Gasteiger partial charge in [-0.25, -0.2) is 13.1 Å². The molecule has 136 valence electrons. The summed E-state index contributed by atoms with van der Waals surface area (Å²) in [5, 5.41) is 2.33. The summed E-state index contributed by atoms with van der Waals surface area (Å²) in [6, 6.07) is 9.40. The van der Waals surface area contributed by atoms with Crippen LogP contribution in [0.2, 0.25) is 0 Å². The fraction of sp³-hybridized carbons (Fsp3) is 0.353. The molecule has 1 amide bonds. The summed E-state index contributed by atoms with van der Waals surface area (Å²) in [6.07, 6.45) is 0. The maximum absolute atomic E-state index is 12.2. The van der Waals surface area contributed by atoms with Gasteiger partial charge < -0.3 is 14.5 Å². The van der Waals surface area contributed by atoms with Crippen molar-refractivity contribution in [2.45, 2.75) is 38.3 Å². The van der Waals surface area contributed by atoms with E-state index in [4.69, 9.17) is 9.15 Å². The predicted molar refractivity (Wildman–Crippen MR) is 94.3 cm³/mol. The van der Waals surface area contributed by atoms with Gasteiger partial charge >= 0.3 is 0 Å². The lowest BCUT2D eigenvalue weighted by molar-refractivity contribution is 0.0991. The van der Waals surface area contributed by atoms with Gasteiger partial charge in [-0.3, -0.25) is 4.79 Å². The van der Waals surface area contributed by atoms with Crippen molar-refractivity contribution >= 4 is 21.6 Å². The van der Waals surface area contributed by atoms with Crippen LogP contribution < -0.4 is 14.8 Å². The number of rotatable bonds is 6. The van der Waals surface area contributed by atoms with Crippen LogP contribution in [0.15, 0.2) is 45.9 Å². The Labute approximate surface area is 147 Å². The van der Waals surface area contributed by atoms with E-state index in [0.717, 1.165) is 0 Å². The molecule has 0 bridgehead atoms. The summed E-state index contributed by atoms with van der Waals surface area (Å²) in [7, 11) is -3.83. The van der Waals surface area contributed by atoms with Gasteiger partial charge in [-0.2, -0.15) is 0 Å². The van der Waals surface area contributed by atoms with Gasteiger partial charge in [0.05, 0.1) is 6.61 Å². The molecule has 0 aliphatic carbocycles. The minimum atomic E-state index is -3.83. The molecule has 0 aliphatic heterocycles. The molecule has 0 saturated heterocycles. The maximum atomic E-state index is 12.2. The Morgan fingerprint density at radius 3 is 2.32 bits per heavy atom. The molecule has 0 fully saturated rings. The number of carbonyl (C=O) groups excluding carboxylic acids is 1. The van der Waals surface area contributed by atoms with Gasteiger partial charge in [-0.15, -0.1) is 0 Å². The molecule has 1 aromatic heterocycles. The van der Waals surface area contributed by atoms with Crippen molar-refractivity contribution in [1.29, 1.82) is 0 Å². The molecule has 0 radical (unpaired) electrons. The lowest BCUT2D eigenvalue weighted by Crippen LogP contribution is -2.40. The monoisotopic (exact) mass is 366 g/mol. The van der Waals surface area contributed by atoms with E-state index >= 15 is 0 Å². The summed E-state index contributed by atoms with van der Waals surface area (Å²) in [6.45, 7) is 7.58. The van der Waals surface area contributed by atoms with Crippen molar-refractivity contribution in [2.24, 2.45) is 0 Å². The lowest BCUT2D eigenvalue weighted by atomic mass is 10.1. The molecule has 0 aliphatic rings. The SMILES string of the molecule is CCOc1ccc(NC(=O)c2ccc(S(=O)(=O)NC(C)(C)C)o2)cc1. The Hall–Kier alpha value is -2.32. The van der Waals surface area contributed by atoms with Crippen LogP contribution in [-0.4, -0.2) is 26.5 Å². The van der Waals surface area contributed by atoms with Gasteiger partial charge in [0.1, 0.15) is 5.75 Å². The van der Waals surface area contributed by atoms with Crippen molar-refractivity contribution in [2.75, 3.05) is 11.9 Å². The minimum Gasteiger partial charge on any atom is -0.494 e. The molecule has 2 rings (SSSR count). The number of ether oxygens (including phenoxy) is 1. The normalized spacial score (nSPS) is 12.0. The largest absolute Gasteiger partial charge is 0.494 e. The second kappa shape index (κ2) is 7.28. The van der Waals surface area contributed by atoms with Gasteiger partial charge in [0.15, 0.2) is 5.76 Å². The molecule has 25 heavy (non-hydrogen) atoms. The Kier molecular flexibility index (Phi) is 5.54. The Morgan fingerprint density at radius 2 is 1.76 bits per heavy atom. The average Bonchev–Trinajstić information content (AvgIpc) is 2.98. The number of nitrogens with one attached hydrogen (secondary N) is 2. The molecule has 2 N–H and O–H groups in total. The fourth-order valence-electron chi connectivity index (χ4n) is 2.03. The Balaban J connectivity index is 2.10. The molecular formula is C17H22N2O5S. The number of sulfonamides is 1. The van der Waals surface area contributed by atoms with Crippen LogP contribution in [0.25, 0.3) is 0 Å². The zero-order valence-electron chi connectivity index (χ0n) is 14.6. The first-order valence-corrected chi connectivity index (χ1v) is 9.27. The number of hydrogen-bond acceptors (Lipinski definition) is 5. The molecule has 0 saturated carbocycles. The smallest absolute Gasteiger partial charge is 0.291 e. The third kappa shape index (κ3) is 5.33. The van der Waals surface area contributed by atoms with Gasteiger partial charge in [0.25, 0.3) is 15.9 Å². The summed E-state index contributed by atoms with van der Waals surface area (Å²) in [5.41, 5.74) is -0.113. The van der Waals surface area contributed by atoms with E-state index in [1.807, 2.05) is 6.92 Å². The number of carbonyl (C=O) groups is 1. The summed E-state index contributed by atoms with van der Waals surface area (Å²) >= 11 is 0. The third-order valence-electron chi connectivity index (χ3n) is 2.93. The molecule has 2 aromatic rings. The van der Waals surface area contributed by atoms with Crippen molar-refractivity contribution in [3.8, 4) is 5.75 Å². The first kappa shape index (κ1) is 19.0. The average molecular weight is 366 g/mol. The zero-order chi connectivity index (χ0) is 18.7. The lowest BCUT2D eigenvalue weighted by Gasteiger charge is -2.18. The number of hydrogen-bond donors (Lipinski definition) is 2. The van der Waals surface area contributed by atoms with Crippen molar-refractivity contribution in [3.63, 3.8) is 0 Å². The number of benzene rings is 1. The van der Waals surface area contributed by atoms with E-state index in [-0.39, 0.29) is 10.9 Å². The molecule has 1 aromatic carbocycles. The second-order valence-electron chi connectivity index (χ2n) is 6.39. The highest BCUT2D eigenvalue weighted by molar-refractivity contribution is 7.89. The molecule has 0 unspecified atom stereocenters. The van der Waals surface area contributed by atoms with Gasteiger partial charge in [-0.1, -0.05) is 0 Å². The predicted octanol–water partition coefficient (Wildman–Crippen LogP) is 3.01. The van der Waals surface area contributed by atoms with Crippen LogP contribution in [0.5, 0.6) is 5.75 Å². The Morgan fingerprint density at radius 1 is 1.12 bits per heavy atom. The van der Waals surface area contributed by atoms with Gasteiger partial charge in [0.2, 0.25) is 5.09 Å². The van der Waals surface area contributed by atoms with Crippen molar-refractivity contribution < 1.29 is 22.4 Å². The molecule has 8 heteroatoms. The van der Waals surface area contributed by atoms with Crippen LogP contribution in [0.1, 0.15) is 38.2 Å². The topological polar surface area (TPSA) is 97.6 Å². The van der Waals surface area contributed by atoms with E-state index in [0.29, 0.717) is 18.0 Å². The standard InChI is InChI=1S/C17H22N2O5S/c1-5-23-13-8-6-12(7-9-13)18-16(20)14-10-11-15(24-14)25(21,22)19-17(2,3)4/h6-11,19H,5H2,1-4H3,(H,18,20). The van der Waals surface area contributed by atoms with E-state index in [1.165, 1.54) is 12.1 Å². The second-order valence-corrected chi connectivity index (χ2v) is 8.00. The highest BCUT2D eigenvalue weighted by Gasteiger charge is 2.26. The maximum Gasteiger partial charge on any atom is 0.291 e. The van der Waals surface area contributed by atoms with Crippen LogP contribution in [0.4, 0.5) is 5.69 Å². The van der Waals surface area contributed by atoms with Crippen LogP contribution in [0.3, 0.4) is 0 Å². The van der Waals surface area contributed by atoms with Gasteiger partial charge in [0, 0.05) is 11.2 Å². The number of furan rings is 1. The van der Waals surface area contributed by atoms with Crippen LogP contribution in [-0.2, 0) is 10.0 Å². The summed E-state index contributed by atoms with van der Waals surface area (Å²) in [5.74, 6) is 0.0599. The number of anilines is 1. The highest BCUT2D eigenvalue weighted by Crippen LogP contribution is 2.19. The van der Waals surface area contributed by atoms with E-state index in [1.54, 1.807) is 45.0 Å². The first-order valence-electron chi connectivity index (χ1n) is 7.79. The molecule has 0 atom stereocenters. The molecule has 0 spiro atoms. The fourth-order valence-corrected chi connectivity index (χ4v) is 3.39. The Bertz CT molecular complexity index is 833. The highest BCUT2D eigenvalue weighted by atomic mass is 32.2. The third-order valence-corrected chi connectivity index (χ3v) is 4.56. The minimum absolute atomic E-state index is 0.0943. The zero-order valence-corrected chi connectivity index (χ0v) is 15.4. The van der Waals surface area contributed by atoms with E-state index in [2.05, 4.69) is 10.0 Å².